The summed E-state index contributed by atoms with van der Waals surface area (Å²) < 4.78 is 5.26. The molecule has 3 N–H and O–H groups in total. The van der Waals surface area contributed by atoms with Crippen LogP contribution in [0.1, 0.15) is 71.0 Å². The normalized spacial score (nSPS) is 30.2. The molecule has 6 heteroatoms. The molecule has 2 fully saturated rings. The average Bonchev–Trinajstić information content (AvgIpc) is 2.95. The van der Waals surface area contributed by atoms with Crippen LogP contribution in [0.3, 0.4) is 0 Å². The van der Waals surface area contributed by atoms with Crippen molar-refractivity contribution in [2.24, 2.45) is 17.6 Å². The summed E-state index contributed by atoms with van der Waals surface area (Å²) >= 11 is 0. The number of fused-ring (bicyclic) bond motifs is 2. The van der Waals surface area contributed by atoms with E-state index in [1.165, 1.54) is 19.3 Å². The minimum Gasteiger partial charge on any atom is -0.353 e. The lowest BCUT2D eigenvalue weighted by Crippen LogP contribution is -2.53. The van der Waals surface area contributed by atoms with E-state index in [-0.39, 0.29) is 11.3 Å². The van der Waals surface area contributed by atoms with Crippen LogP contribution in [-0.2, 0) is 16.6 Å². The lowest BCUT2D eigenvalue weighted by Gasteiger charge is -2.45. The standard InChI is InChI=1S/C18H30N4O2/c1-18(2,3)17-21-15(24-22-17)8-7-14(23)20-16-11-5-4-6-12(16)10-13(19)9-11/h11-13,16H,4-10,19H2,1-3H3,(H,20,23). The van der Waals surface area contributed by atoms with E-state index >= 15 is 0 Å². The third-order valence-corrected chi connectivity index (χ3v) is 5.41. The quantitative estimate of drug-likeness (QED) is 0.881. The fraction of sp³-hybridized carbons (Fsp3) is 0.833. The molecule has 2 aliphatic carbocycles. The molecule has 2 saturated carbocycles. The first kappa shape index (κ1) is 17.4. The van der Waals surface area contributed by atoms with Crippen molar-refractivity contribution in [3.05, 3.63) is 11.7 Å². The van der Waals surface area contributed by atoms with Crippen molar-refractivity contribution >= 4 is 5.91 Å². The molecule has 1 aromatic heterocycles. The van der Waals surface area contributed by atoms with E-state index in [9.17, 15) is 4.79 Å². The number of hydrogen-bond donors (Lipinski definition) is 2. The maximum Gasteiger partial charge on any atom is 0.227 e. The van der Waals surface area contributed by atoms with Gasteiger partial charge in [0.25, 0.3) is 0 Å². The minimum absolute atomic E-state index is 0.0860. The van der Waals surface area contributed by atoms with Gasteiger partial charge in [-0.25, -0.2) is 0 Å². The van der Waals surface area contributed by atoms with Crippen molar-refractivity contribution in [3.8, 4) is 0 Å². The topological polar surface area (TPSA) is 94.0 Å². The number of carbonyl (C=O) groups is 1. The van der Waals surface area contributed by atoms with Crippen LogP contribution in [0.25, 0.3) is 0 Å². The zero-order chi connectivity index (χ0) is 17.3. The largest absolute Gasteiger partial charge is 0.353 e. The highest BCUT2D eigenvalue weighted by atomic mass is 16.5. The minimum atomic E-state index is -0.137. The summed E-state index contributed by atoms with van der Waals surface area (Å²) in [5.74, 6) is 2.41. The van der Waals surface area contributed by atoms with Gasteiger partial charge in [0.1, 0.15) is 0 Å². The maximum absolute atomic E-state index is 12.4. The van der Waals surface area contributed by atoms with Crippen LogP contribution < -0.4 is 11.1 Å². The molecule has 1 aromatic rings. The monoisotopic (exact) mass is 334 g/mol. The molecule has 0 aromatic carbocycles. The summed E-state index contributed by atoms with van der Waals surface area (Å²) in [6.45, 7) is 6.13. The van der Waals surface area contributed by atoms with Gasteiger partial charge in [0.2, 0.25) is 11.8 Å². The smallest absolute Gasteiger partial charge is 0.227 e. The van der Waals surface area contributed by atoms with Crippen LogP contribution in [0.2, 0.25) is 0 Å². The summed E-state index contributed by atoms with van der Waals surface area (Å²) in [6.07, 6.45) is 6.62. The van der Waals surface area contributed by atoms with Crippen molar-refractivity contribution in [1.29, 1.82) is 0 Å². The Labute approximate surface area is 143 Å². The Balaban J connectivity index is 1.52. The number of aromatic nitrogens is 2. The van der Waals surface area contributed by atoms with Crippen molar-refractivity contribution < 1.29 is 9.32 Å². The van der Waals surface area contributed by atoms with E-state index in [2.05, 4.69) is 15.5 Å². The lowest BCUT2D eigenvalue weighted by atomic mass is 9.67. The number of amides is 1. The van der Waals surface area contributed by atoms with Crippen LogP contribution >= 0.6 is 0 Å². The Hall–Kier alpha value is -1.43. The Morgan fingerprint density at radius 3 is 2.54 bits per heavy atom. The van der Waals surface area contributed by atoms with Crippen molar-refractivity contribution in [2.75, 3.05) is 0 Å². The molecule has 6 nitrogen and oxygen atoms in total. The van der Waals surface area contributed by atoms with Crippen molar-refractivity contribution in [1.82, 2.24) is 15.5 Å². The fourth-order valence-electron chi connectivity index (χ4n) is 4.16. The Morgan fingerprint density at radius 2 is 1.96 bits per heavy atom. The second-order valence-electron chi connectivity index (χ2n) is 8.54. The van der Waals surface area contributed by atoms with Crippen LogP contribution in [0.5, 0.6) is 0 Å². The first-order valence-corrected chi connectivity index (χ1v) is 9.21. The summed E-state index contributed by atoms with van der Waals surface area (Å²) in [6, 6.07) is 0.613. The van der Waals surface area contributed by atoms with E-state index in [0.29, 0.717) is 48.5 Å². The number of nitrogens with zero attached hydrogens (tertiary/aromatic N) is 2. The van der Waals surface area contributed by atoms with E-state index in [1.54, 1.807) is 0 Å². The van der Waals surface area contributed by atoms with E-state index < -0.39 is 0 Å². The molecule has 24 heavy (non-hydrogen) atoms. The molecule has 1 heterocycles. The van der Waals surface area contributed by atoms with Crippen LogP contribution in [0.15, 0.2) is 4.52 Å². The predicted molar refractivity (Wildman–Crippen MR) is 91.3 cm³/mol. The fourth-order valence-corrected chi connectivity index (χ4v) is 4.16. The SMILES string of the molecule is CC(C)(C)c1noc(CCC(=O)NC2C3CCCC2CC(N)C3)n1. The number of nitrogens with one attached hydrogen (secondary N) is 1. The third kappa shape index (κ3) is 3.97. The molecule has 2 bridgehead atoms. The van der Waals surface area contributed by atoms with E-state index in [4.69, 9.17) is 10.3 Å². The van der Waals surface area contributed by atoms with Crippen molar-refractivity contribution in [3.63, 3.8) is 0 Å². The van der Waals surface area contributed by atoms with Gasteiger partial charge in [0, 0.05) is 30.3 Å². The maximum atomic E-state index is 12.4. The van der Waals surface area contributed by atoms with Gasteiger partial charge >= 0.3 is 0 Å². The molecule has 0 spiro atoms. The summed E-state index contributed by atoms with van der Waals surface area (Å²) in [5, 5.41) is 7.27. The molecule has 0 aliphatic heterocycles. The van der Waals surface area contributed by atoms with Crippen LogP contribution in [0, 0.1) is 11.8 Å². The summed E-state index contributed by atoms with van der Waals surface area (Å²) in [4.78, 5) is 16.8. The third-order valence-electron chi connectivity index (χ3n) is 5.41. The van der Waals surface area contributed by atoms with E-state index in [1.807, 2.05) is 20.8 Å². The first-order valence-electron chi connectivity index (χ1n) is 9.21. The highest BCUT2D eigenvalue weighted by Crippen LogP contribution is 2.39. The second-order valence-corrected chi connectivity index (χ2v) is 8.54. The molecule has 2 atom stereocenters. The van der Waals surface area contributed by atoms with Gasteiger partial charge in [-0.15, -0.1) is 0 Å². The lowest BCUT2D eigenvalue weighted by molar-refractivity contribution is -0.123. The van der Waals surface area contributed by atoms with Gasteiger partial charge in [0.05, 0.1) is 0 Å². The molecular weight excluding hydrogens is 304 g/mol. The Morgan fingerprint density at radius 1 is 1.29 bits per heavy atom. The van der Waals surface area contributed by atoms with Gasteiger partial charge in [-0.2, -0.15) is 4.98 Å². The van der Waals surface area contributed by atoms with Gasteiger partial charge in [-0.05, 0) is 37.5 Å². The number of aryl methyl sites for hydroxylation is 1. The van der Waals surface area contributed by atoms with Gasteiger partial charge in [-0.3, -0.25) is 4.79 Å². The molecule has 0 radical (unpaired) electrons. The van der Waals surface area contributed by atoms with Gasteiger partial charge < -0.3 is 15.6 Å². The summed E-state index contributed by atoms with van der Waals surface area (Å²) in [7, 11) is 0. The summed E-state index contributed by atoms with van der Waals surface area (Å²) in [5.41, 5.74) is 6.01. The van der Waals surface area contributed by atoms with Gasteiger partial charge in [-0.1, -0.05) is 32.3 Å². The molecule has 2 aliphatic rings. The highest BCUT2D eigenvalue weighted by molar-refractivity contribution is 5.76. The second kappa shape index (κ2) is 6.82. The molecule has 2 unspecified atom stereocenters. The van der Waals surface area contributed by atoms with Crippen LogP contribution in [0.4, 0.5) is 0 Å². The number of carbonyl (C=O) groups excluding carboxylic acids is 1. The Bertz CT molecular complexity index is 564. The number of nitrogens with two attached hydrogens (primary N) is 1. The number of rotatable bonds is 4. The average molecular weight is 334 g/mol. The molecule has 1 amide bonds. The first-order chi connectivity index (χ1) is 11.3. The van der Waals surface area contributed by atoms with E-state index in [0.717, 1.165) is 12.8 Å². The highest BCUT2D eigenvalue weighted by Gasteiger charge is 2.39. The molecule has 0 saturated heterocycles. The predicted octanol–water partition coefficient (Wildman–Crippen LogP) is 2.32. The number of hydrogen-bond acceptors (Lipinski definition) is 5. The molecule has 134 valence electrons. The van der Waals surface area contributed by atoms with Gasteiger partial charge in [0.15, 0.2) is 5.82 Å². The zero-order valence-electron chi connectivity index (χ0n) is 15.0. The van der Waals surface area contributed by atoms with Crippen molar-refractivity contribution in [2.45, 2.75) is 83.2 Å². The molecule has 3 rings (SSSR count). The zero-order valence-corrected chi connectivity index (χ0v) is 15.0. The molecular formula is C18H30N4O2. The van der Waals surface area contributed by atoms with Crippen LogP contribution in [-0.4, -0.2) is 28.1 Å². The Kier molecular flexibility index (Phi) is 4.95.